The predicted molar refractivity (Wildman–Crippen MR) is 136 cm³/mol. The summed E-state index contributed by atoms with van der Waals surface area (Å²) in [6, 6.07) is 12.7. The predicted octanol–water partition coefficient (Wildman–Crippen LogP) is 4.48. The summed E-state index contributed by atoms with van der Waals surface area (Å²) >= 11 is 0. The zero-order valence-corrected chi connectivity index (χ0v) is 20.1. The van der Waals surface area contributed by atoms with Crippen molar-refractivity contribution in [3.63, 3.8) is 0 Å². The number of nitrogens with zero attached hydrogens (tertiary/aromatic N) is 1. The highest BCUT2D eigenvalue weighted by molar-refractivity contribution is 5.99. The number of pyridine rings is 1. The van der Waals surface area contributed by atoms with Crippen LogP contribution in [0.3, 0.4) is 0 Å². The van der Waals surface area contributed by atoms with Gasteiger partial charge >= 0.3 is 5.97 Å². The molecule has 35 heavy (non-hydrogen) atoms. The largest absolute Gasteiger partial charge is 0.477 e. The van der Waals surface area contributed by atoms with Gasteiger partial charge in [-0.25, -0.2) is 9.18 Å². The minimum atomic E-state index is -1.36. The normalized spacial score (nSPS) is 25.5. The number of anilines is 2. The van der Waals surface area contributed by atoms with E-state index in [1.165, 1.54) is 11.8 Å². The lowest BCUT2D eigenvalue weighted by Gasteiger charge is -2.47. The molecule has 2 atom stereocenters. The maximum absolute atomic E-state index is 15.3. The van der Waals surface area contributed by atoms with Crippen molar-refractivity contribution in [1.29, 1.82) is 0 Å². The van der Waals surface area contributed by atoms with Crippen molar-refractivity contribution in [3.05, 3.63) is 69.8 Å². The van der Waals surface area contributed by atoms with E-state index in [9.17, 15) is 14.7 Å². The summed E-state index contributed by atoms with van der Waals surface area (Å²) in [6.07, 6.45) is 4.10. The highest BCUT2D eigenvalue weighted by Crippen LogP contribution is 2.44. The number of fused-ring (bicyclic) bond motifs is 1. The van der Waals surface area contributed by atoms with Crippen molar-refractivity contribution in [3.8, 4) is 0 Å². The molecule has 2 aliphatic rings. The molecular formula is C27H31FN4O3. The van der Waals surface area contributed by atoms with Crippen molar-refractivity contribution in [2.45, 2.75) is 69.6 Å². The van der Waals surface area contributed by atoms with Gasteiger partial charge in [0.25, 0.3) is 0 Å². The van der Waals surface area contributed by atoms with Gasteiger partial charge in [-0.05, 0) is 51.7 Å². The van der Waals surface area contributed by atoms with Gasteiger partial charge in [0, 0.05) is 35.8 Å². The van der Waals surface area contributed by atoms with Gasteiger partial charge in [-0.2, -0.15) is 0 Å². The average Bonchev–Trinajstić information content (AvgIpc) is 3.55. The zero-order valence-electron chi connectivity index (χ0n) is 20.1. The maximum Gasteiger partial charge on any atom is 0.341 e. The molecule has 0 spiro atoms. The number of hydrogen-bond donors (Lipinski definition) is 4. The molecule has 8 heteroatoms. The zero-order chi connectivity index (χ0) is 25.1. The number of aromatic carboxylic acids is 1. The lowest BCUT2D eigenvalue weighted by molar-refractivity contribution is 0.0694. The fraction of sp³-hybridized carbons (Fsp3) is 0.407. The number of aromatic nitrogens is 1. The van der Waals surface area contributed by atoms with E-state index in [1.807, 2.05) is 19.9 Å². The number of rotatable bonds is 7. The summed E-state index contributed by atoms with van der Waals surface area (Å²) in [5.74, 6) is -1.53. The molecule has 2 fully saturated rings. The Bertz CT molecular complexity index is 1360. The first-order valence-corrected chi connectivity index (χ1v) is 12.1. The lowest BCUT2D eigenvalue weighted by Crippen LogP contribution is -2.56. The fourth-order valence-electron chi connectivity index (χ4n) is 5.50. The smallest absolute Gasteiger partial charge is 0.341 e. The van der Waals surface area contributed by atoms with Crippen molar-refractivity contribution >= 4 is 28.2 Å². The number of carbonyl (C=O) groups is 1. The molecule has 0 amide bonds. The van der Waals surface area contributed by atoms with E-state index >= 15 is 4.39 Å². The van der Waals surface area contributed by atoms with Gasteiger partial charge < -0.3 is 26.0 Å². The molecule has 1 heterocycles. The molecule has 2 aromatic carbocycles. The SMILES string of the molecule is CC(C)n1cc(C(=O)O)c(=O)c2c(N)c(F)c(N[C@]3(C)C[C@@H](N[C@@H]4C[C@H]4c4ccccc4)C3)cc21. The molecule has 2 aliphatic carbocycles. The van der Waals surface area contributed by atoms with Crippen LogP contribution in [0.2, 0.25) is 0 Å². The highest BCUT2D eigenvalue weighted by Gasteiger charge is 2.46. The van der Waals surface area contributed by atoms with Crippen LogP contribution in [0.1, 0.15) is 67.9 Å². The number of nitrogens with two attached hydrogens (primary N) is 1. The molecule has 5 N–H and O–H groups in total. The number of carboxylic acid groups (broad SMARTS) is 1. The van der Waals surface area contributed by atoms with Crippen LogP contribution >= 0.6 is 0 Å². The number of benzene rings is 2. The number of carboxylic acids is 1. The second-order valence-corrected chi connectivity index (χ2v) is 10.5. The Morgan fingerprint density at radius 3 is 2.57 bits per heavy atom. The molecular weight excluding hydrogens is 447 g/mol. The van der Waals surface area contributed by atoms with E-state index < -0.39 is 22.8 Å². The van der Waals surface area contributed by atoms with Crippen LogP contribution in [0.4, 0.5) is 15.8 Å². The summed E-state index contributed by atoms with van der Waals surface area (Å²) in [4.78, 5) is 24.4. The van der Waals surface area contributed by atoms with Crippen LogP contribution < -0.4 is 21.8 Å². The van der Waals surface area contributed by atoms with E-state index in [2.05, 4.69) is 41.8 Å². The minimum absolute atomic E-state index is 0.0966. The molecule has 2 saturated carbocycles. The lowest BCUT2D eigenvalue weighted by atomic mass is 9.73. The summed E-state index contributed by atoms with van der Waals surface area (Å²) < 4.78 is 17.0. The van der Waals surface area contributed by atoms with E-state index in [4.69, 9.17) is 5.73 Å². The van der Waals surface area contributed by atoms with E-state index in [0.717, 1.165) is 19.3 Å². The van der Waals surface area contributed by atoms with Gasteiger partial charge in [-0.15, -0.1) is 0 Å². The Morgan fingerprint density at radius 1 is 1.26 bits per heavy atom. The van der Waals surface area contributed by atoms with Crippen LogP contribution in [0, 0.1) is 5.82 Å². The first kappa shape index (κ1) is 23.4. The minimum Gasteiger partial charge on any atom is -0.477 e. The number of nitrogens with one attached hydrogen (secondary N) is 2. The van der Waals surface area contributed by atoms with E-state index in [0.29, 0.717) is 23.5 Å². The highest BCUT2D eigenvalue weighted by atomic mass is 19.1. The maximum atomic E-state index is 15.3. The number of nitrogen functional groups attached to an aromatic ring is 1. The molecule has 184 valence electrons. The monoisotopic (exact) mass is 478 g/mol. The van der Waals surface area contributed by atoms with Crippen LogP contribution in [0.5, 0.6) is 0 Å². The van der Waals surface area contributed by atoms with Crippen LogP contribution in [0.25, 0.3) is 10.9 Å². The Balaban J connectivity index is 1.36. The Morgan fingerprint density at radius 2 is 1.94 bits per heavy atom. The molecule has 7 nitrogen and oxygen atoms in total. The average molecular weight is 479 g/mol. The van der Waals surface area contributed by atoms with E-state index in [-0.39, 0.29) is 28.3 Å². The van der Waals surface area contributed by atoms with Gasteiger partial charge in [0.1, 0.15) is 5.56 Å². The summed E-state index contributed by atoms with van der Waals surface area (Å²) in [5, 5.41) is 16.4. The summed E-state index contributed by atoms with van der Waals surface area (Å²) in [5.41, 5.74) is 6.23. The van der Waals surface area contributed by atoms with Crippen LogP contribution in [-0.2, 0) is 0 Å². The quantitative estimate of drug-likeness (QED) is 0.373. The van der Waals surface area contributed by atoms with Crippen molar-refractivity contribution in [2.24, 2.45) is 0 Å². The third kappa shape index (κ3) is 4.16. The molecule has 0 bridgehead atoms. The van der Waals surface area contributed by atoms with Crippen LogP contribution in [0.15, 0.2) is 47.4 Å². The molecule has 0 radical (unpaired) electrons. The third-order valence-electron chi connectivity index (χ3n) is 7.38. The van der Waals surface area contributed by atoms with Gasteiger partial charge in [0.2, 0.25) is 5.43 Å². The second kappa shape index (κ2) is 8.37. The Labute approximate surface area is 203 Å². The first-order chi connectivity index (χ1) is 16.6. The molecule has 0 saturated heterocycles. The molecule has 0 unspecified atom stereocenters. The number of hydrogen-bond acceptors (Lipinski definition) is 5. The van der Waals surface area contributed by atoms with Gasteiger partial charge in [0.05, 0.1) is 22.3 Å². The Kier molecular flexibility index (Phi) is 5.59. The number of halogens is 1. The van der Waals surface area contributed by atoms with Gasteiger partial charge in [-0.1, -0.05) is 30.3 Å². The van der Waals surface area contributed by atoms with Gasteiger partial charge in [0.15, 0.2) is 5.82 Å². The molecule has 0 aliphatic heterocycles. The second-order valence-electron chi connectivity index (χ2n) is 10.5. The van der Waals surface area contributed by atoms with Gasteiger partial charge in [-0.3, -0.25) is 4.79 Å². The standard InChI is InChI=1S/C27H31FN4O3/c1-14(2)32-13-18(26(34)35)25(33)22-21(32)10-20(23(28)24(22)29)31-27(3)11-16(12-27)30-19-9-17(19)15-7-5-4-6-8-15/h4-8,10,13-14,16-17,19,30-31H,9,11-12,29H2,1-3H3,(H,34,35)/t16-,17-,19+,27-/m0/s1. The van der Waals surface area contributed by atoms with Crippen LogP contribution in [-0.4, -0.2) is 33.3 Å². The van der Waals surface area contributed by atoms with Crippen molar-refractivity contribution < 1.29 is 14.3 Å². The Hall–Kier alpha value is -3.39. The molecule has 5 rings (SSSR count). The third-order valence-corrected chi connectivity index (χ3v) is 7.38. The first-order valence-electron chi connectivity index (χ1n) is 12.1. The molecule has 1 aromatic heterocycles. The topological polar surface area (TPSA) is 109 Å². The summed E-state index contributed by atoms with van der Waals surface area (Å²) in [6.45, 7) is 5.79. The van der Waals surface area contributed by atoms with E-state index in [1.54, 1.807) is 10.6 Å². The van der Waals surface area contributed by atoms with Crippen molar-refractivity contribution in [1.82, 2.24) is 9.88 Å². The fourth-order valence-corrected chi connectivity index (χ4v) is 5.50. The molecule has 3 aromatic rings. The summed E-state index contributed by atoms with van der Waals surface area (Å²) in [7, 11) is 0. The van der Waals surface area contributed by atoms with Crippen molar-refractivity contribution in [2.75, 3.05) is 11.1 Å².